The second-order valence-corrected chi connectivity index (χ2v) is 4.18. The molecule has 3 aromatic rings. The maximum absolute atomic E-state index is 13.7. The van der Waals surface area contributed by atoms with Gasteiger partial charge in [0.25, 0.3) is 0 Å². The first-order chi connectivity index (χ1) is 8.65. The zero-order valence-electron chi connectivity index (χ0n) is 9.67. The van der Waals surface area contributed by atoms with E-state index in [0.29, 0.717) is 5.82 Å². The van der Waals surface area contributed by atoms with E-state index in [1.807, 2.05) is 25.1 Å². The molecule has 0 amide bonds. The number of aryl methyl sites for hydroxylation is 1. The van der Waals surface area contributed by atoms with Crippen LogP contribution in [-0.2, 0) is 0 Å². The Balaban J connectivity index is 2.23. The number of aromatic nitrogens is 2. The van der Waals surface area contributed by atoms with Gasteiger partial charge in [0.1, 0.15) is 17.5 Å². The van der Waals surface area contributed by atoms with Gasteiger partial charge in [-0.1, -0.05) is 12.1 Å². The molecular weight excluding hydrogens is 234 g/mol. The van der Waals surface area contributed by atoms with E-state index in [2.05, 4.69) is 9.97 Å². The van der Waals surface area contributed by atoms with E-state index in [1.54, 1.807) is 0 Å². The molecule has 0 fully saturated rings. The molecule has 1 heterocycles. The van der Waals surface area contributed by atoms with Gasteiger partial charge in [-0.3, -0.25) is 0 Å². The number of nitrogens with zero attached hydrogens (tertiary/aromatic N) is 1. The summed E-state index contributed by atoms with van der Waals surface area (Å²) < 4.78 is 26.5. The first-order valence-electron chi connectivity index (χ1n) is 5.56. The highest BCUT2D eigenvalue weighted by Crippen LogP contribution is 2.24. The molecule has 4 heteroatoms. The normalized spacial score (nSPS) is 11.1. The van der Waals surface area contributed by atoms with E-state index in [-0.39, 0.29) is 5.56 Å². The smallest absolute Gasteiger partial charge is 0.141 e. The zero-order valence-corrected chi connectivity index (χ0v) is 9.67. The highest BCUT2D eigenvalue weighted by molar-refractivity contribution is 5.82. The van der Waals surface area contributed by atoms with Crippen molar-refractivity contribution in [3.63, 3.8) is 0 Å². The molecule has 90 valence electrons. The zero-order chi connectivity index (χ0) is 12.7. The maximum Gasteiger partial charge on any atom is 0.141 e. The third kappa shape index (κ3) is 1.66. The number of aromatic amines is 1. The average molecular weight is 244 g/mol. The number of hydrogen-bond acceptors (Lipinski definition) is 1. The predicted molar refractivity (Wildman–Crippen MR) is 66.2 cm³/mol. The Kier molecular flexibility index (Phi) is 2.37. The summed E-state index contributed by atoms with van der Waals surface area (Å²) in [5, 5.41) is 0. The molecule has 18 heavy (non-hydrogen) atoms. The van der Waals surface area contributed by atoms with Crippen molar-refractivity contribution in [1.82, 2.24) is 9.97 Å². The first kappa shape index (κ1) is 10.9. The van der Waals surface area contributed by atoms with E-state index in [1.165, 1.54) is 12.1 Å². The Morgan fingerprint density at radius 3 is 2.67 bits per heavy atom. The molecular formula is C14H10F2N2. The molecule has 0 unspecified atom stereocenters. The van der Waals surface area contributed by atoms with E-state index < -0.39 is 11.6 Å². The van der Waals surface area contributed by atoms with Crippen LogP contribution >= 0.6 is 0 Å². The lowest BCUT2D eigenvalue weighted by Crippen LogP contribution is -1.87. The number of halogens is 2. The van der Waals surface area contributed by atoms with Crippen molar-refractivity contribution in [1.29, 1.82) is 0 Å². The van der Waals surface area contributed by atoms with Crippen molar-refractivity contribution in [2.24, 2.45) is 0 Å². The Labute approximate surface area is 102 Å². The van der Waals surface area contributed by atoms with Crippen LogP contribution < -0.4 is 0 Å². The lowest BCUT2D eigenvalue weighted by Gasteiger charge is -1.98. The molecule has 0 saturated carbocycles. The molecule has 0 atom stereocenters. The number of rotatable bonds is 1. The highest BCUT2D eigenvalue weighted by atomic mass is 19.1. The van der Waals surface area contributed by atoms with Gasteiger partial charge in [0, 0.05) is 6.07 Å². The molecule has 2 aromatic carbocycles. The Morgan fingerprint density at radius 2 is 1.94 bits per heavy atom. The fourth-order valence-electron chi connectivity index (χ4n) is 1.98. The highest BCUT2D eigenvalue weighted by Gasteiger charge is 2.11. The standard InChI is InChI=1S/C14H10F2N2/c1-8-3-2-4-12-13(8)18-14(17-12)10-6-5-9(15)7-11(10)16/h2-7H,1H3,(H,17,18). The number of imidazole rings is 1. The largest absolute Gasteiger partial charge is 0.338 e. The van der Waals surface area contributed by atoms with Gasteiger partial charge in [-0.05, 0) is 30.7 Å². The molecule has 0 bridgehead atoms. The van der Waals surface area contributed by atoms with Crippen molar-refractivity contribution >= 4 is 11.0 Å². The van der Waals surface area contributed by atoms with Crippen LogP contribution in [0.1, 0.15) is 5.56 Å². The Hall–Kier alpha value is -2.23. The third-order valence-corrected chi connectivity index (χ3v) is 2.90. The van der Waals surface area contributed by atoms with Crippen molar-refractivity contribution in [3.8, 4) is 11.4 Å². The van der Waals surface area contributed by atoms with Gasteiger partial charge in [0.15, 0.2) is 0 Å². The van der Waals surface area contributed by atoms with Crippen molar-refractivity contribution in [3.05, 3.63) is 53.6 Å². The van der Waals surface area contributed by atoms with E-state index in [0.717, 1.165) is 22.7 Å². The van der Waals surface area contributed by atoms with Crippen LogP contribution in [0.25, 0.3) is 22.4 Å². The lowest BCUT2D eigenvalue weighted by molar-refractivity contribution is 0.585. The number of fused-ring (bicyclic) bond motifs is 1. The van der Waals surface area contributed by atoms with Crippen LogP contribution in [0.5, 0.6) is 0 Å². The van der Waals surface area contributed by atoms with Crippen molar-refractivity contribution in [2.45, 2.75) is 6.92 Å². The Morgan fingerprint density at radius 1 is 1.11 bits per heavy atom. The summed E-state index contributed by atoms with van der Waals surface area (Å²) in [7, 11) is 0. The predicted octanol–water partition coefficient (Wildman–Crippen LogP) is 3.82. The second-order valence-electron chi connectivity index (χ2n) is 4.18. The number of nitrogens with one attached hydrogen (secondary N) is 1. The van der Waals surface area contributed by atoms with E-state index in [9.17, 15) is 8.78 Å². The van der Waals surface area contributed by atoms with Gasteiger partial charge in [0.2, 0.25) is 0 Å². The molecule has 0 radical (unpaired) electrons. The minimum atomic E-state index is -0.619. The average Bonchev–Trinajstić information content (AvgIpc) is 2.74. The van der Waals surface area contributed by atoms with E-state index in [4.69, 9.17) is 0 Å². The fourth-order valence-corrected chi connectivity index (χ4v) is 1.98. The van der Waals surface area contributed by atoms with Gasteiger partial charge in [-0.25, -0.2) is 13.8 Å². The number of benzene rings is 2. The summed E-state index contributed by atoms with van der Waals surface area (Å²) in [6.07, 6.45) is 0. The molecule has 0 saturated heterocycles. The number of H-pyrrole nitrogens is 1. The first-order valence-corrected chi connectivity index (χ1v) is 5.56. The van der Waals surface area contributed by atoms with Gasteiger partial charge in [-0.2, -0.15) is 0 Å². The quantitative estimate of drug-likeness (QED) is 0.692. The summed E-state index contributed by atoms with van der Waals surface area (Å²) in [5.41, 5.74) is 2.93. The summed E-state index contributed by atoms with van der Waals surface area (Å²) in [4.78, 5) is 7.39. The maximum atomic E-state index is 13.7. The second kappa shape index (κ2) is 3.91. The summed E-state index contributed by atoms with van der Waals surface area (Å²) in [6.45, 7) is 1.94. The van der Waals surface area contributed by atoms with Gasteiger partial charge in [0.05, 0.1) is 16.6 Å². The van der Waals surface area contributed by atoms with Crippen LogP contribution in [0.3, 0.4) is 0 Å². The summed E-state index contributed by atoms with van der Waals surface area (Å²) >= 11 is 0. The molecule has 3 rings (SSSR count). The van der Waals surface area contributed by atoms with Gasteiger partial charge in [-0.15, -0.1) is 0 Å². The summed E-state index contributed by atoms with van der Waals surface area (Å²) in [5.74, 6) is -0.799. The Bertz CT molecular complexity index is 732. The van der Waals surface area contributed by atoms with Crippen molar-refractivity contribution < 1.29 is 8.78 Å². The minimum Gasteiger partial charge on any atom is -0.338 e. The van der Waals surface area contributed by atoms with Crippen LogP contribution in [0.4, 0.5) is 8.78 Å². The van der Waals surface area contributed by atoms with Gasteiger partial charge < -0.3 is 4.98 Å². The molecule has 0 aliphatic rings. The van der Waals surface area contributed by atoms with Crippen LogP contribution in [0, 0.1) is 18.6 Å². The lowest BCUT2D eigenvalue weighted by atomic mass is 10.2. The third-order valence-electron chi connectivity index (χ3n) is 2.90. The number of para-hydroxylation sites is 1. The SMILES string of the molecule is Cc1cccc2[nH]c(-c3ccc(F)cc3F)nc12. The molecule has 0 aliphatic carbocycles. The van der Waals surface area contributed by atoms with E-state index >= 15 is 0 Å². The van der Waals surface area contributed by atoms with Gasteiger partial charge >= 0.3 is 0 Å². The van der Waals surface area contributed by atoms with Crippen molar-refractivity contribution in [2.75, 3.05) is 0 Å². The molecule has 1 N–H and O–H groups in total. The molecule has 2 nitrogen and oxygen atoms in total. The van der Waals surface area contributed by atoms with Crippen LogP contribution in [0.15, 0.2) is 36.4 Å². The topological polar surface area (TPSA) is 28.7 Å². The van der Waals surface area contributed by atoms with Crippen LogP contribution in [0.2, 0.25) is 0 Å². The fraction of sp³-hybridized carbons (Fsp3) is 0.0714. The molecule has 0 aliphatic heterocycles. The molecule has 0 spiro atoms. The minimum absolute atomic E-state index is 0.270. The van der Waals surface area contributed by atoms with Crippen LogP contribution in [-0.4, -0.2) is 9.97 Å². The monoisotopic (exact) mass is 244 g/mol. The number of hydrogen-bond donors (Lipinski definition) is 1. The summed E-state index contributed by atoms with van der Waals surface area (Å²) in [6, 6.07) is 9.18. The molecule has 1 aromatic heterocycles.